The van der Waals surface area contributed by atoms with Gasteiger partial charge in [0.15, 0.2) is 0 Å². The SMILES string of the molecule is COCCNc1ccc(C(N)=S)cc1Cl. The van der Waals surface area contributed by atoms with Gasteiger partial charge in [0.1, 0.15) is 4.99 Å². The molecule has 0 aliphatic carbocycles. The van der Waals surface area contributed by atoms with Crippen molar-refractivity contribution in [3.63, 3.8) is 0 Å². The zero-order valence-electron chi connectivity index (χ0n) is 8.42. The van der Waals surface area contributed by atoms with Gasteiger partial charge in [-0.15, -0.1) is 0 Å². The van der Waals surface area contributed by atoms with Gasteiger partial charge in [0.2, 0.25) is 0 Å². The number of methoxy groups -OCH3 is 1. The Balaban J connectivity index is 2.70. The van der Waals surface area contributed by atoms with Crippen molar-refractivity contribution in [1.82, 2.24) is 0 Å². The molecule has 0 atom stereocenters. The second-order valence-electron chi connectivity index (χ2n) is 2.98. The van der Waals surface area contributed by atoms with Crippen LogP contribution in [-0.2, 0) is 4.74 Å². The summed E-state index contributed by atoms with van der Waals surface area (Å²) in [4.78, 5) is 0.348. The second kappa shape index (κ2) is 5.90. The highest BCUT2D eigenvalue weighted by Gasteiger charge is 2.02. The van der Waals surface area contributed by atoms with Crippen molar-refractivity contribution in [3.05, 3.63) is 28.8 Å². The summed E-state index contributed by atoms with van der Waals surface area (Å²) < 4.78 is 4.92. The summed E-state index contributed by atoms with van der Waals surface area (Å²) in [6.45, 7) is 1.34. The number of nitrogens with two attached hydrogens (primary N) is 1. The first kappa shape index (κ1) is 12.2. The minimum absolute atomic E-state index is 0.348. The van der Waals surface area contributed by atoms with E-state index in [1.54, 1.807) is 13.2 Å². The molecule has 0 saturated heterocycles. The zero-order valence-corrected chi connectivity index (χ0v) is 9.99. The molecular weight excluding hydrogens is 232 g/mol. The Bertz CT molecular complexity index is 357. The molecule has 15 heavy (non-hydrogen) atoms. The molecule has 5 heteroatoms. The van der Waals surface area contributed by atoms with E-state index in [0.29, 0.717) is 23.2 Å². The molecule has 0 aliphatic heterocycles. The van der Waals surface area contributed by atoms with Crippen molar-refractivity contribution >= 4 is 34.5 Å². The van der Waals surface area contributed by atoms with E-state index in [1.165, 1.54) is 0 Å². The Morgan fingerprint density at radius 2 is 2.33 bits per heavy atom. The molecule has 0 radical (unpaired) electrons. The molecule has 82 valence electrons. The van der Waals surface area contributed by atoms with Gasteiger partial charge in [0.25, 0.3) is 0 Å². The van der Waals surface area contributed by atoms with Crippen LogP contribution in [0.15, 0.2) is 18.2 Å². The van der Waals surface area contributed by atoms with Gasteiger partial charge in [0.05, 0.1) is 17.3 Å². The lowest BCUT2D eigenvalue weighted by molar-refractivity contribution is 0.211. The largest absolute Gasteiger partial charge is 0.389 e. The van der Waals surface area contributed by atoms with Gasteiger partial charge < -0.3 is 15.8 Å². The number of thiocarbonyl (C=S) groups is 1. The van der Waals surface area contributed by atoms with Gasteiger partial charge in [-0.1, -0.05) is 23.8 Å². The van der Waals surface area contributed by atoms with Crippen molar-refractivity contribution in [2.45, 2.75) is 0 Å². The summed E-state index contributed by atoms with van der Waals surface area (Å²) in [5.41, 5.74) is 7.11. The van der Waals surface area contributed by atoms with Crippen LogP contribution in [0.25, 0.3) is 0 Å². The van der Waals surface area contributed by atoms with E-state index in [-0.39, 0.29) is 0 Å². The summed E-state index contributed by atoms with van der Waals surface area (Å²) in [5.74, 6) is 0. The molecule has 3 N–H and O–H groups in total. The normalized spacial score (nSPS) is 10.0. The summed E-state index contributed by atoms with van der Waals surface area (Å²) >= 11 is 10.9. The van der Waals surface area contributed by atoms with Crippen LogP contribution >= 0.6 is 23.8 Å². The third kappa shape index (κ3) is 3.66. The third-order valence-corrected chi connectivity index (χ3v) is 2.42. The first-order valence-corrected chi connectivity index (χ1v) is 5.26. The van der Waals surface area contributed by atoms with E-state index < -0.39 is 0 Å². The lowest BCUT2D eigenvalue weighted by Gasteiger charge is -2.08. The monoisotopic (exact) mass is 244 g/mol. The summed E-state index contributed by atoms with van der Waals surface area (Å²) in [7, 11) is 1.65. The van der Waals surface area contributed by atoms with Crippen LogP contribution in [0.3, 0.4) is 0 Å². The van der Waals surface area contributed by atoms with Gasteiger partial charge in [-0.05, 0) is 18.2 Å². The molecule has 1 aromatic carbocycles. The highest BCUT2D eigenvalue weighted by atomic mass is 35.5. The van der Waals surface area contributed by atoms with Crippen LogP contribution in [0.4, 0.5) is 5.69 Å². The fourth-order valence-corrected chi connectivity index (χ4v) is 1.47. The lowest BCUT2D eigenvalue weighted by Crippen LogP contribution is -2.11. The molecule has 1 aromatic rings. The number of hydrogen-bond acceptors (Lipinski definition) is 3. The first-order chi connectivity index (χ1) is 7.15. The van der Waals surface area contributed by atoms with E-state index in [1.807, 2.05) is 12.1 Å². The van der Waals surface area contributed by atoms with Gasteiger partial charge in [-0.2, -0.15) is 0 Å². The summed E-state index contributed by atoms with van der Waals surface area (Å²) in [6, 6.07) is 5.44. The van der Waals surface area contributed by atoms with Crippen LogP contribution in [0.5, 0.6) is 0 Å². The van der Waals surface area contributed by atoms with Crippen molar-refractivity contribution in [2.24, 2.45) is 5.73 Å². The van der Waals surface area contributed by atoms with E-state index in [0.717, 1.165) is 11.3 Å². The van der Waals surface area contributed by atoms with Gasteiger partial charge in [-0.25, -0.2) is 0 Å². The molecule has 0 amide bonds. The van der Waals surface area contributed by atoms with Crippen molar-refractivity contribution in [1.29, 1.82) is 0 Å². The number of ether oxygens (including phenoxy) is 1. The average Bonchev–Trinajstić information content (AvgIpc) is 2.20. The number of hydrogen-bond donors (Lipinski definition) is 2. The van der Waals surface area contributed by atoms with E-state index >= 15 is 0 Å². The van der Waals surface area contributed by atoms with E-state index in [9.17, 15) is 0 Å². The van der Waals surface area contributed by atoms with Crippen LogP contribution in [0, 0.1) is 0 Å². The van der Waals surface area contributed by atoms with E-state index in [4.69, 9.17) is 34.3 Å². The third-order valence-electron chi connectivity index (χ3n) is 1.88. The first-order valence-electron chi connectivity index (χ1n) is 4.47. The van der Waals surface area contributed by atoms with Crippen LogP contribution < -0.4 is 11.1 Å². The van der Waals surface area contributed by atoms with Crippen molar-refractivity contribution in [2.75, 3.05) is 25.6 Å². The van der Waals surface area contributed by atoms with Gasteiger partial charge in [-0.3, -0.25) is 0 Å². The quantitative estimate of drug-likeness (QED) is 0.615. The molecule has 0 unspecified atom stereocenters. The highest BCUT2D eigenvalue weighted by molar-refractivity contribution is 7.80. The molecule has 3 nitrogen and oxygen atoms in total. The Kier molecular flexibility index (Phi) is 4.81. The number of benzene rings is 1. The lowest BCUT2D eigenvalue weighted by atomic mass is 10.2. The van der Waals surface area contributed by atoms with Crippen LogP contribution in [0.1, 0.15) is 5.56 Å². The van der Waals surface area contributed by atoms with Gasteiger partial charge >= 0.3 is 0 Å². The predicted octanol–water partition coefficient (Wildman–Crippen LogP) is 2.03. The topological polar surface area (TPSA) is 47.3 Å². The minimum atomic E-state index is 0.348. The maximum atomic E-state index is 6.03. The fourth-order valence-electron chi connectivity index (χ4n) is 1.10. The predicted molar refractivity (Wildman–Crippen MR) is 67.7 cm³/mol. The molecule has 0 saturated carbocycles. The molecule has 1 rings (SSSR count). The van der Waals surface area contributed by atoms with Crippen molar-refractivity contribution < 1.29 is 4.74 Å². The molecule has 0 fully saturated rings. The zero-order chi connectivity index (χ0) is 11.3. The number of halogens is 1. The summed E-state index contributed by atoms with van der Waals surface area (Å²) in [5, 5.41) is 3.75. The maximum absolute atomic E-state index is 6.03. The molecule has 0 heterocycles. The maximum Gasteiger partial charge on any atom is 0.104 e. The summed E-state index contributed by atoms with van der Waals surface area (Å²) in [6.07, 6.45) is 0. The standard InChI is InChI=1S/C10H13ClN2OS/c1-14-5-4-13-9-3-2-7(10(12)15)6-8(9)11/h2-3,6,13H,4-5H2,1H3,(H2,12,15). The fraction of sp³-hybridized carbons (Fsp3) is 0.300. The molecule has 0 aliphatic rings. The van der Waals surface area contributed by atoms with Gasteiger partial charge in [0, 0.05) is 19.2 Å². The number of rotatable bonds is 5. The second-order valence-corrected chi connectivity index (χ2v) is 3.83. The number of anilines is 1. The van der Waals surface area contributed by atoms with Crippen LogP contribution in [-0.4, -0.2) is 25.2 Å². The Hall–Kier alpha value is -0.840. The number of nitrogens with one attached hydrogen (secondary N) is 1. The Labute approximate surface area is 99.6 Å². The minimum Gasteiger partial charge on any atom is -0.389 e. The van der Waals surface area contributed by atoms with E-state index in [2.05, 4.69) is 5.32 Å². The molecular formula is C10H13ClN2OS. The molecule has 0 spiro atoms. The molecule has 0 bridgehead atoms. The van der Waals surface area contributed by atoms with Crippen molar-refractivity contribution in [3.8, 4) is 0 Å². The average molecular weight is 245 g/mol. The molecule has 0 aromatic heterocycles. The Morgan fingerprint density at radius 1 is 1.60 bits per heavy atom. The smallest absolute Gasteiger partial charge is 0.104 e. The van der Waals surface area contributed by atoms with Crippen LogP contribution in [0.2, 0.25) is 5.02 Å². The Morgan fingerprint density at radius 3 is 2.87 bits per heavy atom. The highest BCUT2D eigenvalue weighted by Crippen LogP contribution is 2.22.